The van der Waals surface area contributed by atoms with Crippen LogP contribution in [0.4, 0.5) is 0 Å². The Morgan fingerprint density at radius 2 is 2.17 bits per heavy atom. The lowest BCUT2D eigenvalue weighted by Crippen LogP contribution is -2.31. The van der Waals surface area contributed by atoms with Gasteiger partial charge in [-0.2, -0.15) is 4.98 Å². The van der Waals surface area contributed by atoms with Gasteiger partial charge in [0.1, 0.15) is 0 Å². The van der Waals surface area contributed by atoms with Gasteiger partial charge in [-0.1, -0.05) is 23.4 Å². The average molecular weight is 243 g/mol. The normalized spacial score (nSPS) is 19.9. The molecule has 0 amide bonds. The number of hydrogen-bond acceptors (Lipinski definition) is 4. The molecule has 0 radical (unpaired) electrons. The summed E-state index contributed by atoms with van der Waals surface area (Å²) in [4.78, 5) is 4.47. The number of aromatic nitrogens is 2. The molecule has 1 aromatic heterocycles. The van der Waals surface area contributed by atoms with Crippen LogP contribution in [0.5, 0.6) is 0 Å². The van der Waals surface area contributed by atoms with Crippen molar-refractivity contribution in [1.29, 1.82) is 0 Å². The predicted molar refractivity (Wildman–Crippen MR) is 69.0 cm³/mol. The molecule has 1 fully saturated rings. The van der Waals surface area contributed by atoms with Crippen molar-refractivity contribution in [2.75, 3.05) is 13.1 Å². The van der Waals surface area contributed by atoms with E-state index in [-0.39, 0.29) is 0 Å². The van der Waals surface area contributed by atoms with Crippen molar-refractivity contribution in [2.45, 2.75) is 19.3 Å². The summed E-state index contributed by atoms with van der Waals surface area (Å²) < 4.78 is 5.31. The largest absolute Gasteiger partial charge is 0.334 e. The van der Waals surface area contributed by atoms with Crippen LogP contribution < -0.4 is 5.32 Å². The van der Waals surface area contributed by atoms with Crippen LogP contribution >= 0.6 is 0 Å². The first-order valence-corrected chi connectivity index (χ1v) is 6.50. The van der Waals surface area contributed by atoms with Crippen LogP contribution in [0.2, 0.25) is 0 Å². The maximum atomic E-state index is 5.31. The average Bonchev–Trinajstić information content (AvgIpc) is 2.89. The van der Waals surface area contributed by atoms with Gasteiger partial charge < -0.3 is 9.84 Å². The van der Waals surface area contributed by atoms with E-state index in [4.69, 9.17) is 4.52 Å². The lowest BCUT2D eigenvalue weighted by atomic mass is 9.96. The van der Waals surface area contributed by atoms with E-state index in [1.54, 1.807) is 0 Å². The van der Waals surface area contributed by atoms with Crippen molar-refractivity contribution in [2.24, 2.45) is 5.92 Å². The molecule has 0 spiro atoms. The molecule has 1 N–H and O–H groups in total. The van der Waals surface area contributed by atoms with Gasteiger partial charge in [0.25, 0.3) is 5.89 Å². The zero-order chi connectivity index (χ0) is 12.2. The molecular weight excluding hydrogens is 226 g/mol. The van der Waals surface area contributed by atoms with Gasteiger partial charge >= 0.3 is 0 Å². The maximum Gasteiger partial charge on any atom is 0.257 e. The van der Waals surface area contributed by atoms with E-state index in [2.05, 4.69) is 15.5 Å². The van der Waals surface area contributed by atoms with Crippen LogP contribution in [-0.4, -0.2) is 23.2 Å². The second-order valence-corrected chi connectivity index (χ2v) is 4.80. The van der Waals surface area contributed by atoms with E-state index in [1.165, 1.54) is 12.8 Å². The third-order valence-electron chi connectivity index (χ3n) is 3.36. The Balaban J connectivity index is 1.69. The van der Waals surface area contributed by atoms with Gasteiger partial charge in [-0.25, -0.2) is 0 Å². The van der Waals surface area contributed by atoms with Gasteiger partial charge in [0.15, 0.2) is 5.82 Å². The molecular formula is C14H17N3O. The first-order valence-electron chi connectivity index (χ1n) is 6.50. The summed E-state index contributed by atoms with van der Waals surface area (Å²) in [6, 6.07) is 9.90. The number of nitrogens with zero attached hydrogens (tertiary/aromatic N) is 2. The maximum absolute atomic E-state index is 5.31. The molecule has 1 aliphatic heterocycles. The van der Waals surface area contributed by atoms with Crippen LogP contribution in [0.3, 0.4) is 0 Å². The molecule has 1 aromatic carbocycles. The van der Waals surface area contributed by atoms with E-state index in [9.17, 15) is 0 Å². The summed E-state index contributed by atoms with van der Waals surface area (Å²) in [6.45, 7) is 2.20. The third-order valence-corrected chi connectivity index (χ3v) is 3.36. The SMILES string of the molecule is c1ccc(-c2nc(CC3CCCNC3)no2)cc1. The molecule has 4 nitrogen and oxygen atoms in total. The van der Waals surface area contributed by atoms with E-state index < -0.39 is 0 Å². The first-order chi connectivity index (χ1) is 8.92. The van der Waals surface area contributed by atoms with Crippen molar-refractivity contribution in [3.8, 4) is 11.5 Å². The Morgan fingerprint density at radius 3 is 2.94 bits per heavy atom. The van der Waals surface area contributed by atoms with Gasteiger partial charge in [0, 0.05) is 12.0 Å². The van der Waals surface area contributed by atoms with E-state index in [0.717, 1.165) is 30.9 Å². The summed E-state index contributed by atoms with van der Waals surface area (Å²) in [7, 11) is 0. The molecule has 1 aliphatic rings. The Bertz CT molecular complexity index is 489. The second kappa shape index (κ2) is 5.31. The Labute approximate surface area is 106 Å². The Morgan fingerprint density at radius 1 is 1.28 bits per heavy atom. The fraction of sp³-hybridized carbons (Fsp3) is 0.429. The van der Waals surface area contributed by atoms with Crippen LogP contribution in [0.25, 0.3) is 11.5 Å². The highest BCUT2D eigenvalue weighted by Gasteiger charge is 2.17. The predicted octanol–water partition coefficient (Wildman–Crippen LogP) is 2.28. The number of piperidine rings is 1. The lowest BCUT2D eigenvalue weighted by Gasteiger charge is -2.20. The standard InChI is InChI=1S/C14H17N3O/c1-2-6-12(7-3-1)14-16-13(17-18-14)9-11-5-4-8-15-10-11/h1-3,6-7,11,15H,4-5,8-10H2. The molecule has 0 saturated carbocycles. The molecule has 1 atom stereocenters. The van der Waals surface area contributed by atoms with Crippen LogP contribution in [0.1, 0.15) is 18.7 Å². The lowest BCUT2D eigenvalue weighted by molar-refractivity contribution is 0.360. The van der Waals surface area contributed by atoms with Gasteiger partial charge in [0.05, 0.1) is 0 Å². The molecule has 94 valence electrons. The quantitative estimate of drug-likeness (QED) is 0.898. The molecule has 0 aliphatic carbocycles. The van der Waals surface area contributed by atoms with Crippen LogP contribution in [0.15, 0.2) is 34.9 Å². The summed E-state index contributed by atoms with van der Waals surface area (Å²) in [6.07, 6.45) is 3.40. The minimum atomic E-state index is 0.620. The number of rotatable bonds is 3. The molecule has 3 rings (SSSR count). The highest BCUT2D eigenvalue weighted by atomic mass is 16.5. The summed E-state index contributed by atoms with van der Waals surface area (Å²) in [5.74, 6) is 2.08. The van der Waals surface area contributed by atoms with E-state index in [0.29, 0.717) is 11.8 Å². The molecule has 2 heterocycles. The topological polar surface area (TPSA) is 51.0 Å². The Kier molecular flexibility index (Phi) is 3.37. The van der Waals surface area contributed by atoms with Gasteiger partial charge in [0.2, 0.25) is 0 Å². The minimum absolute atomic E-state index is 0.620. The summed E-state index contributed by atoms with van der Waals surface area (Å²) in [5, 5.41) is 7.48. The van der Waals surface area contributed by atoms with Gasteiger partial charge in [-0.15, -0.1) is 0 Å². The fourth-order valence-electron chi connectivity index (χ4n) is 2.39. The fourth-order valence-corrected chi connectivity index (χ4v) is 2.39. The molecule has 4 heteroatoms. The van der Waals surface area contributed by atoms with Gasteiger partial charge in [-0.05, 0) is 44.0 Å². The number of benzene rings is 1. The molecule has 1 unspecified atom stereocenters. The van der Waals surface area contributed by atoms with Crippen molar-refractivity contribution in [3.05, 3.63) is 36.2 Å². The number of nitrogens with one attached hydrogen (secondary N) is 1. The molecule has 18 heavy (non-hydrogen) atoms. The van der Waals surface area contributed by atoms with Crippen LogP contribution in [0, 0.1) is 5.92 Å². The zero-order valence-corrected chi connectivity index (χ0v) is 10.3. The third kappa shape index (κ3) is 2.59. The van der Waals surface area contributed by atoms with Crippen molar-refractivity contribution in [1.82, 2.24) is 15.5 Å². The summed E-state index contributed by atoms with van der Waals surface area (Å²) >= 11 is 0. The van der Waals surface area contributed by atoms with Crippen LogP contribution in [-0.2, 0) is 6.42 Å². The molecule has 0 bridgehead atoms. The molecule has 1 saturated heterocycles. The van der Waals surface area contributed by atoms with Crippen molar-refractivity contribution in [3.63, 3.8) is 0 Å². The minimum Gasteiger partial charge on any atom is -0.334 e. The highest BCUT2D eigenvalue weighted by Crippen LogP contribution is 2.19. The van der Waals surface area contributed by atoms with E-state index in [1.807, 2.05) is 30.3 Å². The number of hydrogen-bond donors (Lipinski definition) is 1. The summed E-state index contributed by atoms with van der Waals surface area (Å²) in [5.41, 5.74) is 0.984. The Hall–Kier alpha value is -1.68. The zero-order valence-electron chi connectivity index (χ0n) is 10.3. The first kappa shape index (κ1) is 11.4. The van der Waals surface area contributed by atoms with Crippen molar-refractivity contribution >= 4 is 0 Å². The monoisotopic (exact) mass is 243 g/mol. The smallest absolute Gasteiger partial charge is 0.257 e. The highest BCUT2D eigenvalue weighted by molar-refractivity contribution is 5.51. The second-order valence-electron chi connectivity index (χ2n) is 4.80. The van der Waals surface area contributed by atoms with Gasteiger partial charge in [-0.3, -0.25) is 0 Å². The van der Waals surface area contributed by atoms with Crippen molar-refractivity contribution < 1.29 is 4.52 Å². The van der Waals surface area contributed by atoms with E-state index >= 15 is 0 Å². The molecule has 2 aromatic rings.